The van der Waals surface area contributed by atoms with Crippen LogP contribution in [0.4, 0.5) is 0 Å². The number of likely N-dealkylation sites (N-methyl/N-ethyl adjacent to an activating group) is 1. The Kier molecular flexibility index (Phi) is 3.40. The van der Waals surface area contributed by atoms with Crippen molar-refractivity contribution in [3.63, 3.8) is 0 Å². The van der Waals surface area contributed by atoms with E-state index in [0.717, 1.165) is 10.2 Å². The van der Waals surface area contributed by atoms with Gasteiger partial charge in [-0.05, 0) is 25.1 Å². The van der Waals surface area contributed by atoms with Crippen LogP contribution in [0.2, 0.25) is 0 Å². The van der Waals surface area contributed by atoms with Crippen molar-refractivity contribution in [3.8, 4) is 0 Å². The van der Waals surface area contributed by atoms with Crippen LogP contribution >= 0.6 is 11.3 Å². The van der Waals surface area contributed by atoms with Crippen molar-refractivity contribution in [1.29, 1.82) is 0 Å². The molecule has 0 saturated carbocycles. The number of fused-ring (bicyclic) bond motifs is 1. The minimum atomic E-state index is -0.00162. The zero-order valence-electron chi connectivity index (χ0n) is 9.88. The SMILES string of the molecule is CC(CN)N(C)C(=O)c1ccc2ncsc2c1. The first-order valence-electron chi connectivity index (χ1n) is 5.44. The lowest BCUT2D eigenvalue weighted by Crippen LogP contribution is -2.39. The Bertz CT molecular complexity index is 537. The maximum atomic E-state index is 12.2. The molecule has 0 aliphatic rings. The van der Waals surface area contributed by atoms with E-state index >= 15 is 0 Å². The fourth-order valence-electron chi connectivity index (χ4n) is 1.55. The monoisotopic (exact) mass is 249 g/mol. The molecule has 0 aliphatic heterocycles. The number of hydrogen-bond acceptors (Lipinski definition) is 4. The third kappa shape index (κ3) is 2.30. The van der Waals surface area contributed by atoms with Crippen LogP contribution in [-0.4, -0.2) is 35.4 Å². The first-order chi connectivity index (χ1) is 8.13. The van der Waals surface area contributed by atoms with Crippen LogP contribution in [-0.2, 0) is 0 Å². The first-order valence-corrected chi connectivity index (χ1v) is 6.32. The summed E-state index contributed by atoms with van der Waals surface area (Å²) in [4.78, 5) is 18.0. The predicted molar refractivity (Wildman–Crippen MR) is 70.2 cm³/mol. The van der Waals surface area contributed by atoms with Gasteiger partial charge in [0.05, 0.1) is 15.7 Å². The molecule has 90 valence electrons. The van der Waals surface area contributed by atoms with E-state index in [1.54, 1.807) is 17.5 Å². The Morgan fingerprint density at radius 2 is 2.35 bits per heavy atom. The van der Waals surface area contributed by atoms with Crippen molar-refractivity contribution in [2.75, 3.05) is 13.6 Å². The lowest BCUT2D eigenvalue weighted by molar-refractivity contribution is 0.0748. The highest BCUT2D eigenvalue weighted by atomic mass is 32.1. The second kappa shape index (κ2) is 4.81. The van der Waals surface area contributed by atoms with E-state index < -0.39 is 0 Å². The molecule has 1 atom stereocenters. The average Bonchev–Trinajstić information content (AvgIpc) is 2.83. The Morgan fingerprint density at radius 3 is 3.06 bits per heavy atom. The quantitative estimate of drug-likeness (QED) is 0.901. The third-order valence-electron chi connectivity index (χ3n) is 2.90. The Labute approximate surface area is 104 Å². The Morgan fingerprint density at radius 1 is 1.59 bits per heavy atom. The molecule has 2 aromatic rings. The van der Waals surface area contributed by atoms with Crippen LogP contribution in [0.3, 0.4) is 0 Å². The number of nitrogens with two attached hydrogens (primary N) is 1. The summed E-state index contributed by atoms with van der Waals surface area (Å²) in [7, 11) is 1.77. The van der Waals surface area contributed by atoms with E-state index in [2.05, 4.69) is 4.98 Å². The zero-order valence-corrected chi connectivity index (χ0v) is 10.7. The highest BCUT2D eigenvalue weighted by Crippen LogP contribution is 2.20. The van der Waals surface area contributed by atoms with E-state index in [9.17, 15) is 4.79 Å². The molecule has 5 heteroatoms. The van der Waals surface area contributed by atoms with Gasteiger partial charge in [0.1, 0.15) is 0 Å². The normalized spacial score (nSPS) is 12.6. The van der Waals surface area contributed by atoms with Crippen molar-refractivity contribution in [2.45, 2.75) is 13.0 Å². The molecule has 0 saturated heterocycles. The topological polar surface area (TPSA) is 59.2 Å². The number of carbonyl (C=O) groups is 1. The number of rotatable bonds is 3. The summed E-state index contributed by atoms with van der Waals surface area (Å²) in [5.74, 6) is -0.00162. The standard InChI is InChI=1S/C12H15N3OS/c1-8(6-13)15(2)12(16)9-3-4-10-11(5-9)17-7-14-10/h3-5,7-8H,6,13H2,1-2H3. The summed E-state index contributed by atoms with van der Waals surface area (Å²) in [6.45, 7) is 2.40. The number of benzene rings is 1. The number of aromatic nitrogens is 1. The van der Waals surface area contributed by atoms with Crippen molar-refractivity contribution >= 4 is 27.5 Å². The molecule has 2 N–H and O–H groups in total. The van der Waals surface area contributed by atoms with Gasteiger partial charge in [0.2, 0.25) is 0 Å². The molecule has 1 heterocycles. The summed E-state index contributed by atoms with van der Waals surface area (Å²) in [6, 6.07) is 5.61. The van der Waals surface area contributed by atoms with E-state index in [1.165, 1.54) is 11.3 Å². The number of hydrogen-bond donors (Lipinski definition) is 1. The molecule has 17 heavy (non-hydrogen) atoms. The third-order valence-corrected chi connectivity index (χ3v) is 3.69. The molecule has 2 rings (SSSR count). The molecule has 1 unspecified atom stereocenters. The van der Waals surface area contributed by atoms with Crippen LogP contribution in [0, 0.1) is 0 Å². The second-order valence-electron chi connectivity index (χ2n) is 4.04. The van der Waals surface area contributed by atoms with Gasteiger partial charge < -0.3 is 10.6 Å². The molecule has 0 radical (unpaired) electrons. The minimum Gasteiger partial charge on any atom is -0.338 e. The van der Waals surface area contributed by atoms with E-state index in [4.69, 9.17) is 5.73 Å². The van der Waals surface area contributed by atoms with E-state index in [1.807, 2.05) is 25.1 Å². The molecule has 0 spiro atoms. The van der Waals surface area contributed by atoms with Gasteiger partial charge >= 0.3 is 0 Å². The maximum Gasteiger partial charge on any atom is 0.253 e. The average molecular weight is 249 g/mol. The number of carbonyl (C=O) groups excluding carboxylic acids is 1. The minimum absolute atomic E-state index is 0.00162. The van der Waals surface area contributed by atoms with Gasteiger partial charge in [0.25, 0.3) is 5.91 Å². The van der Waals surface area contributed by atoms with Crippen LogP contribution in [0.15, 0.2) is 23.7 Å². The van der Waals surface area contributed by atoms with Gasteiger partial charge in [-0.2, -0.15) is 0 Å². The second-order valence-corrected chi connectivity index (χ2v) is 4.92. The van der Waals surface area contributed by atoms with Crippen molar-refractivity contribution in [2.24, 2.45) is 5.73 Å². The highest BCUT2D eigenvalue weighted by molar-refractivity contribution is 7.16. The predicted octanol–water partition coefficient (Wildman–Crippen LogP) is 1.72. The molecule has 4 nitrogen and oxygen atoms in total. The lowest BCUT2D eigenvalue weighted by Gasteiger charge is -2.23. The van der Waals surface area contributed by atoms with E-state index in [-0.39, 0.29) is 11.9 Å². The summed E-state index contributed by atoms with van der Waals surface area (Å²) < 4.78 is 1.03. The highest BCUT2D eigenvalue weighted by Gasteiger charge is 2.16. The van der Waals surface area contributed by atoms with Gasteiger partial charge in [-0.3, -0.25) is 4.79 Å². The van der Waals surface area contributed by atoms with Crippen LogP contribution < -0.4 is 5.73 Å². The molecule has 0 fully saturated rings. The van der Waals surface area contributed by atoms with Crippen molar-refractivity contribution in [1.82, 2.24) is 9.88 Å². The van der Waals surface area contributed by atoms with E-state index in [0.29, 0.717) is 12.1 Å². The molecule has 1 aromatic heterocycles. The van der Waals surface area contributed by atoms with Crippen molar-refractivity contribution < 1.29 is 4.79 Å². The van der Waals surface area contributed by atoms with Crippen LogP contribution in [0.25, 0.3) is 10.2 Å². The Balaban J connectivity index is 2.29. The summed E-state index contributed by atoms with van der Waals surface area (Å²) in [5.41, 5.74) is 8.96. The molecule has 1 aromatic carbocycles. The maximum absolute atomic E-state index is 12.2. The smallest absolute Gasteiger partial charge is 0.253 e. The van der Waals surface area contributed by atoms with Gasteiger partial charge in [0.15, 0.2) is 0 Å². The molecule has 1 amide bonds. The van der Waals surface area contributed by atoms with Crippen molar-refractivity contribution in [3.05, 3.63) is 29.3 Å². The first kappa shape index (κ1) is 12.0. The van der Waals surface area contributed by atoms with Gasteiger partial charge in [-0.25, -0.2) is 4.98 Å². The van der Waals surface area contributed by atoms with Gasteiger partial charge in [-0.15, -0.1) is 11.3 Å². The van der Waals surface area contributed by atoms with Crippen LogP contribution in [0.1, 0.15) is 17.3 Å². The number of thiazole rings is 1. The van der Waals surface area contributed by atoms with Crippen LogP contribution in [0.5, 0.6) is 0 Å². The summed E-state index contributed by atoms with van der Waals surface area (Å²) >= 11 is 1.54. The molecule has 0 bridgehead atoms. The molecular formula is C12H15N3OS. The fourth-order valence-corrected chi connectivity index (χ4v) is 2.27. The molecular weight excluding hydrogens is 234 g/mol. The number of nitrogens with zero attached hydrogens (tertiary/aromatic N) is 2. The van der Waals surface area contributed by atoms with Gasteiger partial charge in [-0.1, -0.05) is 0 Å². The summed E-state index contributed by atoms with van der Waals surface area (Å²) in [5, 5.41) is 0. The largest absolute Gasteiger partial charge is 0.338 e. The lowest BCUT2D eigenvalue weighted by atomic mass is 10.1. The number of amides is 1. The Hall–Kier alpha value is -1.46. The van der Waals surface area contributed by atoms with Gasteiger partial charge in [0, 0.05) is 25.2 Å². The zero-order chi connectivity index (χ0) is 12.4. The molecule has 0 aliphatic carbocycles. The fraction of sp³-hybridized carbons (Fsp3) is 0.333. The summed E-state index contributed by atoms with van der Waals surface area (Å²) in [6.07, 6.45) is 0.